The number of nitrogens with zero attached hydrogens (tertiary/aromatic N) is 3. The van der Waals surface area contributed by atoms with Gasteiger partial charge in [0.1, 0.15) is 11.4 Å². The summed E-state index contributed by atoms with van der Waals surface area (Å²) < 4.78 is 5.64. The number of azide groups is 1. The van der Waals surface area contributed by atoms with Crippen LogP contribution >= 0.6 is 11.6 Å². The predicted octanol–water partition coefficient (Wildman–Crippen LogP) is 3.81. The maximum atomic E-state index is 8.22. The summed E-state index contributed by atoms with van der Waals surface area (Å²) in [7, 11) is 0. The van der Waals surface area contributed by atoms with Crippen LogP contribution in [0.3, 0.4) is 0 Å². The van der Waals surface area contributed by atoms with Gasteiger partial charge in [0.15, 0.2) is 0 Å². The number of ether oxygens (including phenoxy) is 1. The van der Waals surface area contributed by atoms with E-state index < -0.39 is 5.60 Å². The van der Waals surface area contributed by atoms with Gasteiger partial charge < -0.3 is 4.74 Å². The van der Waals surface area contributed by atoms with Crippen LogP contribution in [-0.2, 0) is 0 Å². The van der Waals surface area contributed by atoms with Crippen molar-refractivity contribution >= 4 is 11.6 Å². The van der Waals surface area contributed by atoms with E-state index in [0.29, 0.717) is 10.8 Å². The summed E-state index contributed by atoms with van der Waals surface area (Å²) >= 11 is 5.74. The molecule has 0 amide bonds. The van der Waals surface area contributed by atoms with Crippen molar-refractivity contribution in [2.75, 3.05) is 6.54 Å². The van der Waals surface area contributed by atoms with Gasteiger partial charge in [0, 0.05) is 9.93 Å². The molecule has 0 saturated carbocycles. The molecule has 0 spiro atoms. The topological polar surface area (TPSA) is 58.0 Å². The molecule has 1 rings (SSSR count). The highest BCUT2D eigenvalue weighted by Crippen LogP contribution is 2.20. The predicted molar refractivity (Wildman–Crippen MR) is 60.2 cm³/mol. The third-order valence-corrected chi connectivity index (χ3v) is 1.97. The Bertz CT molecular complexity index is 369. The number of hydrogen-bond donors (Lipinski definition) is 0. The zero-order chi connectivity index (χ0) is 11.3. The maximum absolute atomic E-state index is 8.22. The fourth-order valence-corrected chi connectivity index (χ4v) is 1.18. The van der Waals surface area contributed by atoms with Gasteiger partial charge in [-0.1, -0.05) is 16.7 Å². The van der Waals surface area contributed by atoms with Crippen molar-refractivity contribution in [3.05, 3.63) is 39.7 Å². The van der Waals surface area contributed by atoms with Crippen LogP contribution in [0.4, 0.5) is 0 Å². The molecule has 0 aliphatic carbocycles. The lowest BCUT2D eigenvalue weighted by Gasteiger charge is -2.24. The molecule has 80 valence electrons. The highest BCUT2D eigenvalue weighted by molar-refractivity contribution is 6.30. The minimum Gasteiger partial charge on any atom is -0.488 e. The van der Waals surface area contributed by atoms with Crippen LogP contribution in [-0.4, -0.2) is 12.1 Å². The van der Waals surface area contributed by atoms with Crippen molar-refractivity contribution < 1.29 is 4.74 Å². The van der Waals surface area contributed by atoms with Crippen LogP contribution in [0.2, 0.25) is 5.02 Å². The molecule has 0 bridgehead atoms. The number of benzene rings is 1. The molecular formula is C10H12ClN3O. The Balaban J connectivity index is 2.67. The molecule has 0 N–H and O–H groups in total. The van der Waals surface area contributed by atoms with Gasteiger partial charge in [-0.15, -0.1) is 0 Å². The monoisotopic (exact) mass is 225 g/mol. The lowest BCUT2D eigenvalue weighted by molar-refractivity contribution is 0.119. The van der Waals surface area contributed by atoms with Crippen LogP contribution in [0.1, 0.15) is 13.8 Å². The quantitative estimate of drug-likeness (QED) is 0.437. The molecule has 5 heteroatoms. The molecule has 0 unspecified atom stereocenters. The first-order valence-electron chi connectivity index (χ1n) is 4.49. The Kier molecular flexibility index (Phi) is 3.83. The van der Waals surface area contributed by atoms with Crippen molar-refractivity contribution in [1.82, 2.24) is 0 Å². The van der Waals surface area contributed by atoms with Gasteiger partial charge >= 0.3 is 0 Å². The lowest BCUT2D eigenvalue weighted by Crippen LogP contribution is -2.31. The van der Waals surface area contributed by atoms with Crippen LogP contribution in [0.25, 0.3) is 10.4 Å². The molecule has 0 atom stereocenters. The van der Waals surface area contributed by atoms with E-state index in [9.17, 15) is 0 Å². The van der Waals surface area contributed by atoms with Crippen molar-refractivity contribution in [3.8, 4) is 5.75 Å². The molecule has 4 nitrogen and oxygen atoms in total. The van der Waals surface area contributed by atoms with Gasteiger partial charge in [-0.2, -0.15) is 0 Å². The summed E-state index contributed by atoms with van der Waals surface area (Å²) in [4.78, 5) is 2.70. The third kappa shape index (κ3) is 4.11. The van der Waals surface area contributed by atoms with Gasteiger partial charge in [0.2, 0.25) is 0 Å². The summed E-state index contributed by atoms with van der Waals surface area (Å²) in [6, 6.07) is 7.06. The minimum absolute atomic E-state index is 0.284. The first-order chi connectivity index (χ1) is 7.03. The van der Waals surface area contributed by atoms with E-state index in [1.807, 2.05) is 13.8 Å². The standard InChI is InChI=1S/C10H12ClN3O/c1-10(2,7-13-14-12)15-9-5-3-8(11)4-6-9/h3-6H,7H2,1-2H3. The summed E-state index contributed by atoms with van der Waals surface area (Å²) in [6.07, 6.45) is 0. The second-order valence-corrected chi connectivity index (χ2v) is 4.14. The lowest BCUT2D eigenvalue weighted by atomic mass is 10.1. The largest absolute Gasteiger partial charge is 0.488 e. The maximum Gasteiger partial charge on any atom is 0.120 e. The summed E-state index contributed by atoms with van der Waals surface area (Å²) in [5, 5.41) is 4.15. The summed E-state index contributed by atoms with van der Waals surface area (Å²) in [5.41, 5.74) is 7.70. The molecule has 0 aromatic heterocycles. The van der Waals surface area contributed by atoms with E-state index in [0.717, 1.165) is 0 Å². The molecule has 0 radical (unpaired) electrons. The van der Waals surface area contributed by atoms with Gasteiger partial charge in [-0.25, -0.2) is 0 Å². The molecule has 0 aliphatic rings. The fraction of sp³-hybridized carbons (Fsp3) is 0.400. The highest BCUT2D eigenvalue weighted by atomic mass is 35.5. The Morgan fingerprint density at radius 2 is 2.00 bits per heavy atom. The van der Waals surface area contributed by atoms with Crippen LogP contribution in [0.15, 0.2) is 29.4 Å². The second-order valence-electron chi connectivity index (χ2n) is 3.70. The van der Waals surface area contributed by atoms with E-state index >= 15 is 0 Å². The van der Waals surface area contributed by atoms with Crippen molar-refractivity contribution in [1.29, 1.82) is 0 Å². The van der Waals surface area contributed by atoms with Crippen molar-refractivity contribution in [2.45, 2.75) is 19.4 Å². The zero-order valence-corrected chi connectivity index (χ0v) is 9.40. The molecule has 1 aromatic rings. The summed E-state index contributed by atoms with van der Waals surface area (Å²) in [6.45, 7) is 4.00. The second kappa shape index (κ2) is 4.91. The Labute approximate surface area is 93.4 Å². The van der Waals surface area contributed by atoms with Gasteiger partial charge in [0.25, 0.3) is 0 Å². The zero-order valence-electron chi connectivity index (χ0n) is 8.64. The molecule has 0 heterocycles. The average molecular weight is 226 g/mol. The molecule has 0 saturated heterocycles. The van der Waals surface area contributed by atoms with E-state index in [-0.39, 0.29) is 6.54 Å². The number of hydrogen-bond acceptors (Lipinski definition) is 2. The fourth-order valence-electron chi connectivity index (χ4n) is 1.06. The smallest absolute Gasteiger partial charge is 0.120 e. The Hall–Kier alpha value is -1.38. The molecule has 1 aromatic carbocycles. The third-order valence-electron chi connectivity index (χ3n) is 1.72. The van der Waals surface area contributed by atoms with E-state index in [1.165, 1.54) is 0 Å². The molecular weight excluding hydrogens is 214 g/mol. The van der Waals surface area contributed by atoms with Crippen molar-refractivity contribution in [3.63, 3.8) is 0 Å². The molecule has 0 aliphatic heterocycles. The average Bonchev–Trinajstić information content (AvgIpc) is 2.18. The van der Waals surface area contributed by atoms with Crippen LogP contribution in [0, 0.1) is 0 Å². The summed E-state index contributed by atoms with van der Waals surface area (Å²) in [5.74, 6) is 0.706. The first kappa shape index (κ1) is 11.7. The number of rotatable bonds is 4. The Morgan fingerprint density at radius 1 is 1.40 bits per heavy atom. The van der Waals surface area contributed by atoms with Crippen molar-refractivity contribution in [2.24, 2.45) is 5.11 Å². The van der Waals surface area contributed by atoms with E-state index in [1.54, 1.807) is 24.3 Å². The molecule has 15 heavy (non-hydrogen) atoms. The van der Waals surface area contributed by atoms with Gasteiger partial charge in [-0.05, 0) is 43.6 Å². The van der Waals surface area contributed by atoms with E-state index in [4.69, 9.17) is 21.9 Å². The first-order valence-corrected chi connectivity index (χ1v) is 4.87. The highest BCUT2D eigenvalue weighted by Gasteiger charge is 2.18. The van der Waals surface area contributed by atoms with Gasteiger partial charge in [0.05, 0.1) is 6.54 Å². The number of halogens is 1. The van der Waals surface area contributed by atoms with Gasteiger partial charge in [-0.3, -0.25) is 0 Å². The SMILES string of the molecule is CC(C)(CN=[N+]=[N-])Oc1ccc(Cl)cc1. The minimum atomic E-state index is -0.514. The Morgan fingerprint density at radius 3 is 2.53 bits per heavy atom. The van der Waals surface area contributed by atoms with Crippen LogP contribution < -0.4 is 4.74 Å². The molecule has 0 fully saturated rings. The normalized spacial score (nSPS) is 10.6. The van der Waals surface area contributed by atoms with E-state index in [2.05, 4.69) is 10.0 Å². The van der Waals surface area contributed by atoms with Crippen LogP contribution in [0.5, 0.6) is 5.75 Å².